The Morgan fingerprint density at radius 1 is 1.03 bits per heavy atom. The summed E-state index contributed by atoms with van der Waals surface area (Å²) in [6, 6.07) is 5.03. The third-order valence-electron chi connectivity index (χ3n) is 4.96. The summed E-state index contributed by atoms with van der Waals surface area (Å²) >= 11 is 0. The Balaban J connectivity index is 0.000000330. The standard InChI is InChI=1S/C15H13N7O2.C7H14/c1-8-3-11(23)14(15(19-8)24-2)10-4-12(22-21-10)20-13-7-17-9(5-16)6-18-13;1-2-4-6-7-5-3-1/h3-4,6-7H,1-2H3,(H,19,23)(H2,18,20,21,22);1-7H2. The van der Waals surface area contributed by atoms with Crippen LogP contribution in [0.3, 0.4) is 0 Å². The molecule has 3 aromatic heterocycles. The van der Waals surface area contributed by atoms with Gasteiger partial charge in [-0.2, -0.15) is 10.4 Å². The number of nitriles is 1. The molecule has 1 aliphatic rings. The van der Waals surface area contributed by atoms with E-state index < -0.39 is 0 Å². The van der Waals surface area contributed by atoms with E-state index in [4.69, 9.17) is 10.00 Å². The number of anilines is 2. The summed E-state index contributed by atoms with van der Waals surface area (Å²) in [5.41, 5.74) is 1.59. The molecule has 3 N–H and O–H groups in total. The molecule has 0 spiro atoms. The highest BCUT2D eigenvalue weighted by Crippen LogP contribution is 2.25. The zero-order valence-corrected chi connectivity index (χ0v) is 17.9. The number of hydrogen-bond donors (Lipinski definition) is 3. The van der Waals surface area contributed by atoms with E-state index in [2.05, 4.69) is 30.5 Å². The molecule has 0 unspecified atom stereocenters. The van der Waals surface area contributed by atoms with Gasteiger partial charge in [0.25, 0.3) is 0 Å². The van der Waals surface area contributed by atoms with E-state index in [1.165, 1.54) is 70.5 Å². The minimum atomic E-state index is -0.184. The second-order valence-corrected chi connectivity index (χ2v) is 7.39. The van der Waals surface area contributed by atoms with Gasteiger partial charge in [-0.15, -0.1) is 0 Å². The van der Waals surface area contributed by atoms with Gasteiger partial charge in [0.2, 0.25) is 5.88 Å². The first kappa shape index (κ1) is 22.0. The van der Waals surface area contributed by atoms with Gasteiger partial charge in [0.15, 0.2) is 16.9 Å². The molecule has 1 aliphatic carbocycles. The molecule has 0 aromatic carbocycles. The van der Waals surface area contributed by atoms with Crippen molar-refractivity contribution in [2.24, 2.45) is 0 Å². The van der Waals surface area contributed by atoms with Gasteiger partial charge in [0, 0.05) is 17.8 Å². The van der Waals surface area contributed by atoms with Crippen LogP contribution in [-0.2, 0) is 0 Å². The van der Waals surface area contributed by atoms with Crippen LogP contribution in [0.2, 0.25) is 0 Å². The second-order valence-electron chi connectivity index (χ2n) is 7.39. The minimum Gasteiger partial charge on any atom is -0.482 e. The van der Waals surface area contributed by atoms with Crippen molar-refractivity contribution in [3.8, 4) is 23.2 Å². The number of aryl methyl sites for hydroxylation is 1. The van der Waals surface area contributed by atoms with Crippen molar-refractivity contribution in [3.63, 3.8) is 0 Å². The Morgan fingerprint density at radius 2 is 1.71 bits per heavy atom. The molecule has 9 heteroatoms. The average molecular weight is 422 g/mol. The van der Waals surface area contributed by atoms with Crippen molar-refractivity contribution in [1.29, 1.82) is 5.26 Å². The Hall–Kier alpha value is -3.67. The van der Waals surface area contributed by atoms with Gasteiger partial charge < -0.3 is 15.0 Å². The highest BCUT2D eigenvalue weighted by Gasteiger charge is 2.15. The van der Waals surface area contributed by atoms with Gasteiger partial charge in [-0.3, -0.25) is 9.89 Å². The topological polar surface area (TPSA) is 132 Å². The molecule has 0 radical (unpaired) electrons. The summed E-state index contributed by atoms with van der Waals surface area (Å²) in [6.07, 6.45) is 13.3. The average Bonchev–Trinajstić information content (AvgIpc) is 3.02. The molecule has 3 heterocycles. The minimum absolute atomic E-state index is 0.184. The van der Waals surface area contributed by atoms with Crippen molar-refractivity contribution in [2.45, 2.75) is 51.9 Å². The van der Waals surface area contributed by atoms with E-state index >= 15 is 0 Å². The van der Waals surface area contributed by atoms with Crippen LogP contribution in [0.25, 0.3) is 11.3 Å². The highest BCUT2D eigenvalue weighted by atomic mass is 16.5. The second kappa shape index (κ2) is 10.9. The van der Waals surface area contributed by atoms with Crippen LogP contribution in [0.5, 0.6) is 5.88 Å². The number of rotatable bonds is 4. The first-order valence-corrected chi connectivity index (χ1v) is 10.4. The lowest BCUT2D eigenvalue weighted by Crippen LogP contribution is -2.09. The monoisotopic (exact) mass is 421 g/mol. The SMILES string of the molecule is C1CCCCCC1.COc1[nH]c(C)cc(=O)c1-c1cc(Nc2cnc(C#N)cn2)n[nH]1. The fraction of sp³-hybridized carbons (Fsp3) is 0.409. The fourth-order valence-electron chi connectivity index (χ4n) is 3.40. The smallest absolute Gasteiger partial charge is 0.204 e. The summed E-state index contributed by atoms with van der Waals surface area (Å²) in [7, 11) is 1.48. The van der Waals surface area contributed by atoms with Crippen LogP contribution >= 0.6 is 0 Å². The van der Waals surface area contributed by atoms with Crippen LogP contribution in [-0.4, -0.2) is 32.3 Å². The highest BCUT2D eigenvalue weighted by molar-refractivity contribution is 5.68. The van der Waals surface area contributed by atoms with E-state index in [0.717, 1.165) is 0 Å². The molecule has 162 valence electrons. The Morgan fingerprint density at radius 3 is 2.26 bits per heavy atom. The van der Waals surface area contributed by atoms with Gasteiger partial charge in [-0.25, -0.2) is 9.97 Å². The van der Waals surface area contributed by atoms with E-state index in [1.807, 2.05) is 6.07 Å². The number of methoxy groups -OCH3 is 1. The number of aromatic amines is 2. The number of nitrogens with zero attached hydrogens (tertiary/aromatic N) is 4. The molecule has 0 aliphatic heterocycles. The van der Waals surface area contributed by atoms with E-state index in [-0.39, 0.29) is 11.1 Å². The van der Waals surface area contributed by atoms with Gasteiger partial charge in [0.05, 0.1) is 25.2 Å². The maximum atomic E-state index is 12.2. The Kier molecular flexibility index (Phi) is 7.76. The summed E-state index contributed by atoms with van der Waals surface area (Å²) in [5, 5.41) is 18.5. The molecule has 4 rings (SSSR count). The molecular formula is C22H27N7O2. The van der Waals surface area contributed by atoms with Crippen molar-refractivity contribution in [1.82, 2.24) is 25.1 Å². The maximum absolute atomic E-state index is 12.2. The van der Waals surface area contributed by atoms with Crippen molar-refractivity contribution in [3.05, 3.63) is 46.1 Å². The number of ether oxygens (including phenoxy) is 1. The number of nitrogens with one attached hydrogen (secondary N) is 3. The zero-order valence-electron chi connectivity index (χ0n) is 17.9. The van der Waals surface area contributed by atoms with Crippen molar-refractivity contribution in [2.75, 3.05) is 12.4 Å². The molecule has 1 saturated carbocycles. The quantitative estimate of drug-likeness (QED) is 0.537. The van der Waals surface area contributed by atoms with Crippen LogP contribution in [0.4, 0.5) is 11.6 Å². The van der Waals surface area contributed by atoms with Crippen LogP contribution in [0, 0.1) is 18.3 Å². The molecule has 31 heavy (non-hydrogen) atoms. The van der Waals surface area contributed by atoms with Crippen LogP contribution < -0.4 is 15.5 Å². The Labute approximate surface area is 180 Å². The molecular weight excluding hydrogens is 394 g/mol. The number of H-pyrrole nitrogens is 2. The summed E-state index contributed by atoms with van der Waals surface area (Å²) in [5.74, 6) is 1.23. The molecule has 0 saturated heterocycles. The molecule has 1 fully saturated rings. The number of aromatic nitrogens is 5. The fourth-order valence-corrected chi connectivity index (χ4v) is 3.40. The summed E-state index contributed by atoms with van der Waals surface area (Å²) in [6.45, 7) is 1.78. The lowest BCUT2D eigenvalue weighted by atomic mass is 10.1. The third-order valence-corrected chi connectivity index (χ3v) is 4.96. The molecule has 0 amide bonds. The number of hydrogen-bond acceptors (Lipinski definition) is 7. The lowest BCUT2D eigenvalue weighted by Gasteiger charge is -2.06. The molecule has 0 bridgehead atoms. The summed E-state index contributed by atoms with van der Waals surface area (Å²) in [4.78, 5) is 23.2. The summed E-state index contributed by atoms with van der Waals surface area (Å²) < 4.78 is 5.24. The van der Waals surface area contributed by atoms with Gasteiger partial charge in [0.1, 0.15) is 17.5 Å². The normalized spacial score (nSPS) is 13.3. The largest absolute Gasteiger partial charge is 0.482 e. The van der Waals surface area contributed by atoms with Crippen LogP contribution in [0.1, 0.15) is 56.3 Å². The van der Waals surface area contributed by atoms with Gasteiger partial charge in [-0.1, -0.05) is 44.9 Å². The Bertz CT molecular complexity index is 1060. The maximum Gasteiger partial charge on any atom is 0.204 e. The van der Waals surface area contributed by atoms with E-state index in [0.29, 0.717) is 34.5 Å². The van der Waals surface area contributed by atoms with E-state index in [9.17, 15) is 4.79 Å². The molecule has 0 atom stereocenters. The van der Waals surface area contributed by atoms with Gasteiger partial charge >= 0.3 is 0 Å². The van der Waals surface area contributed by atoms with Gasteiger partial charge in [-0.05, 0) is 6.92 Å². The first-order valence-electron chi connectivity index (χ1n) is 10.4. The third kappa shape index (κ3) is 6.15. The van der Waals surface area contributed by atoms with Crippen molar-refractivity contribution < 1.29 is 4.74 Å². The lowest BCUT2D eigenvalue weighted by molar-refractivity contribution is 0.398. The van der Waals surface area contributed by atoms with Crippen LogP contribution in [0.15, 0.2) is 29.3 Å². The zero-order chi connectivity index (χ0) is 22.1. The number of pyridine rings is 1. The molecule has 9 nitrogen and oxygen atoms in total. The predicted octanol–water partition coefficient (Wildman–Crippen LogP) is 4.22. The molecule has 3 aromatic rings. The predicted molar refractivity (Wildman–Crippen MR) is 118 cm³/mol. The van der Waals surface area contributed by atoms with E-state index in [1.54, 1.807) is 13.0 Å². The first-order chi connectivity index (χ1) is 15.1. The van der Waals surface area contributed by atoms with Crippen molar-refractivity contribution >= 4 is 11.6 Å².